The number of carbonyl (C=O) groups is 1. The van der Waals surface area contributed by atoms with Gasteiger partial charge in [-0.25, -0.2) is 9.37 Å². The summed E-state index contributed by atoms with van der Waals surface area (Å²) < 4.78 is 21.7. The molecule has 8 heteroatoms. The smallest absolute Gasteiger partial charge is 0.266 e. The molecular formula is C24H15FN4O3. The van der Waals surface area contributed by atoms with Gasteiger partial charge < -0.3 is 10.5 Å². The molecule has 2 aromatic carbocycles. The van der Waals surface area contributed by atoms with Crippen LogP contribution in [-0.4, -0.2) is 15.3 Å². The first-order chi connectivity index (χ1) is 15.5. The van der Waals surface area contributed by atoms with Crippen molar-refractivity contribution in [3.8, 4) is 11.8 Å². The number of Topliss-reactive ketones (excluding diaryl/α,β-unsaturated/α-hetero) is 1. The highest BCUT2D eigenvalue weighted by molar-refractivity contribution is 6.03. The van der Waals surface area contributed by atoms with Gasteiger partial charge in [0.2, 0.25) is 5.88 Å². The molecule has 0 fully saturated rings. The number of rotatable bonds is 0. The Morgan fingerprint density at radius 3 is 2.81 bits per heavy atom. The van der Waals surface area contributed by atoms with E-state index in [0.29, 0.717) is 35.2 Å². The van der Waals surface area contributed by atoms with E-state index >= 15 is 0 Å². The molecule has 2 aliphatic heterocycles. The number of benzene rings is 2. The van der Waals surface area contributed by atoms with E-state index in [0.717, 1.165) is 0 Å². The first-order valence-electron chi connectivity index (χ1n) is 10.2. The molecule has 1 aliphatic carbocycles. The minimum Gasteiger partial charge on any atom is -0.444 e. The summed E-state index contributed by atoms with van der Waals surface area (Å²) in [6.45, 7) is 0. The molecule has 0 saturated carbocycles. The molecule has 0 saturated heterocycles. The van der Waals surface area contributed by atoms with E-state index < -0.39 is 11.2 Å². The van der Waals surface area contributed by atoms with Gasteiger partial charge in [-0.15, -0.1) is 0 Å². The zero-order valence-electron chi connectivity index (χ0n) is 16.7. The monoisotopic (exact) mass is 426 g/mol. The zero-order chi connectivity index (χ0) is 22.2. The summed E-state index contributed by atoms with van der Waals surface area (Å²) in [6, 6.07) is 12.8. The van der Waals surface area contributed by atoms with Gasteiger partial charge in [0.1, 0.15) is 34.5 Å². The quantitative estimate of drug-likeness (QED) is 0.592. The summed E-state index contributed by atoms with van der Waals surface area (Å²) in [4.78, 5) is 31.6. The topological polar surface area (TPSA) is 111 Å². The van der Waals surface area contributed by atoms with Crippen LogP contribution in [0.4, 0.5) is 4.39 Å². The lowest BCUT2D eigenvalue weighted by Crippen LogP contribution is -2.43. The molecule has 1 spiro atoms. The molecule has 156 valence electrons. The lowest BCUT2D eigenvalue weighted by molar-refractivity contribution is -0.117. The van der Waals surface area contributed by atoms with Gasteiger partial charge in [-0.05, 0) is 36.8 Å². The van der Waals surface area contributed by atoms with Crippen molar-refractivity contribution in [2.45, 2.75) is 24.7 Å². The molecule has 1 aromatic heterocycles. The normalized spacial score (nSPS) is 21.3. The number of nitriles is 1. The van der Waals surface area contributed by atoms with Crippen molar-refractivity contribution in [2.75, 3.05) is 0 Å². The second kappa shape index (κ2) is 6.14. The molecule has 1 unspecified atom stereocenters. The molecule has 0 bridgehead atoms. The number of fused-ring (bicyclic) bond motifs is 7. The Morgan fingerprint density at radius 1 is 1.19 bits per heavy atom. The number of hydrogen-bond acceptors (Lipinski definition) is 6. The van der Waals surface area contributed by atoms with E-state index in [4.69, 9.17) is 15.5 Å². The predicted octanol–water partition coefficient (Wildman–Crippen LogP) is 2.86. The largest absolute Gasteiger partial charge is 0.444 e. The van der Waals surface area contributed by atoms with Crippen LogP contribution in [0.5, 0.6) is 0 Å². The number of para-hydroxylation sites is 1. The molecule has 2 N–H and O–H groups in total. The summed E-state index contributed by atoms with van der Waals surface area (Å²) >= 11 is 0. The van der Waals surface area contributed by atoms with E-state index in [1.54, 1.807) is 24.3 Å². The fourth-order valence-electron chi connectivity index (χ4n) is 5.19. The van der Waals surface area contributed by atoms with Crippen molar-refractivity contribution >= 4 is 16.7 Å². The number of hydrogen-bond donors (Lipinski definition) is 1. The summed E-state index contributed by atoms with van der Waals surface area (Å²) in [6.07, 6.45) is 1.24. The summed E-state index contributed by atoms with van der Waals surface area (Å²) in [7, 11) is 0. The van der Waals surface area contributed by atoms with Crippen LogP contribution in [0.15, 0.2) is 70.0 Å². The van der Waals surface area contributed by atoms with Crippen LogP contribution in [0.3, 0.4) is 0 Å². The number of nitrogens with two attached hydrogens (primary N) is 1. The van der Waals surface area contributed by atoms with Crippen LogP contribution in [0, 0.1) is 17.1 Å². The van der Waals surface area contributed by atoms with Crippen LogP contribution in [0.2, 0.25) is 0 Å². The highest BCUT2D eigenvalue weighted by Crippen LogP contribution is 2.56. The second-order valence-corrected chi connectivity index (χ2v) is 8.03. The van der Waals surface area contributed by atoms with Crippen LogP contribution in [0.1, 0.15) is 30.7 Å². The van der Waals surface area contributed by atoms with Crippen LogP contribution in [-0.2, 0) is 14.9 Å². The summed E-state index contributed by atoms with van der Waals surface area (Å²) in [5, 5.41) is 10.5. The average molecular weight is 426 g/mol. The first-order valence-corrected chi connectivity index (χ1v) is 10.2. The SMILES string of the molecule is N#CC1=C(N)OC2=C(C(=O)CCC2)C12c1cc(F)ccc1-n1c2nc2ccccc2c1=O. The minimum atomic E-state index is -1.62. The zero-order valence-corrected chi connectivity index (χ0v) is 16.7. The van der Waals surface area contributed by atoms with E-state index in [9.17, 15) is 19.2 Å². The molecule has 1 atom stereocenters. The van der Waals surface area contributed by atoms with E-state index in [1.165, 1.54) is 22.8 Å². The minimum absolute atomic E-state index is 0.0771. The van der Waals surface area contributed by atoms with Gasteiger partial charge in [-0.1, -0.05) is 12.1 Å². The van der Waals surface area contributed by atoms with Gasteiger partial charge in [-0.3, -0.25) is 14.2 Å². The molecule has 3 heterocycles. The Kier molecular flexibility index (Phi) is 3.55. The average Bonchev–Trinajstić information content (AvgIpc) is 3.04. The highest BCUT2D eigenvalue weighted by atomic mass is 19.1. The second-order valence-electron chi connectivity index (χ2n) is 8.03. The van der Waals surface area contributed by atoms with Crippen molar-refractivity contribution < 1.29 is 13.9 Å². The molecule has 32 heavy (non-hydrogen) atoms. The van der Waals surface area contributed by atoms with Crippen molar-refractivity contribution in [3.63, 3.8) is 0 Å². The Balaban J connectivity index is 1.89. The number of allylic oxidation sites excluding steroid dienone is 3. The Morgan fingerprint density at radius 2 is 2.00 bits per heavy atom. The third kappa shape index (κ3) is 2.05. The van der Waals surface area contributed by atoms with Crippen LogP contribution < -0.4 is 11.3 Å². The number of aromatic nitrogens is 2. The molecule has 3 aromatic rings. The van der Waals surface area contributed by atoms with Crippen molar-refractivity contribution in [1.29, 1.82) is 5.26 Å². The van der Waals surface area contributed by atoms with Gasteiger partial charge in [-0.2, -0.15) is 5.26 Å². The van der Waals surface area contributed by atoms with Crippen molar-refractivity contribution in [1.82, 2.24) is 9.55 Å². The number of ether oxygens (including phenoxy) is 1. The number of nitrogens with zero attached hydrogens (tertiary/aromatic N) is 3. The predicted molar refractivity (Wildman–Crippen MR) is 112 cm³/mol. The van der Waals surface area contributed by atoms with E-state index in [-0.39, 0.29) is 46.2 Å². The fraction of sp³-hybridized carbons (Fsp3) is 0.167. The molecule has 6 rings (SSSR count). The molecule has 7 nitrogen and oxygen atoms in total. The molecule has 3 aliphatic rings. The van der Waals surface area contributed by atoms with Gasteiger partial charge in [0, 0.05) is 18.4 Å². The molecule has 0 radical (unpaired) electrons. The van der Waals surface area contributed by atoms with E-state index in [1.807, 2.05) is 0 Å². The maximum absolute atomic E-state index is 14.6. The molecule has 0 amide bonds. The Labute approximate surface area is 180 Å². The van der Waals surface area contributed by atoms with Gasteiger partial charge in [0.25, 0.3) is 5.56 Å². The Bertz CT molecular complexity index is 1560. The highest BCUT2D eigenvalue weighted by Gasteiger charge is 2.58. The summed E-state index contributed by atoms with van der Waals surface area (Å²) in [5.74, 6) is -0.498. The van der Waals surface area contributed by atoms with Gasteiger partial charge >= 0.3 is 0 Å². The molecular weight excluding hydrogens is 411 g/mol. The maximum Gasteiger partial charge on any atom is 0.266 e. The first kappa shape index (κ1) is 18.5. The summed E-state index contributed by atoms with van der Waals surface area (Å²) in [5.41, 5.74) is 5.36. The number of halogens is 1. The number of carbonyl (C=O) groups excluding carboxylic acids is 1. The van der Waals surface area contributed by atoms with Gasteiger partial charge in [0.05, 0.1) is 22.2 Å². The van der Waals surface area contributed by atoms with Gasteiger partial charge in [0.15, 0.2) is 5.78 Å². The van der Waals surface area contributed by atoms with Crippen molar-refractivity contribution in [2.24, 2.45) is 5.73 Å². The standard InChI is InChI=1S/C24H15FN4O3/c25-12-8-9-17-14(10-12)24(23-28-16-5-2-1-4-13(16)22(31)29(17)23)15(11-26)21(27)32-19-7-3-6-18(30)20(19)24/h1-2,4-5,8-10H,3,6-7,27H2. The third-order valence-electron chi connectivity index (χ3n) is 6.42. The fourth-order valence-corrected chi connectivity index (χ4v) is 5.19. The van der Waals surface area contributed by atoms with E-state index in [2.05, 4.69) is 6.07 Å². The lowest BCUT2D eigenvalue weighted by atomic mass is 9.65. The van der Waals surface area contributed by atoms with Crippen LogP contribution in [0.25, 0.3) is 16.6 Å². The Hall–Kier alpha value is -4.25. The van der Waals surface area contributed by atoms with Crippen LogP contribution >= 0.6 is 0 Å². The third-order valence-corrected chi connectivity index (χ3v) is 6.42. The number of ketones is 1. The maximum atomic E-state index is 14.6. The lowest BCUT2D eigenvalue weighted by Gasteiger charge is -2.38. The van der Waals surface area contributed by atoms with Crippen molar-refractivity contribution in [3.05, 3.63) is 92.8 Å².